The van der Waals surface area contributed by atoms with Crippen molar-refractivity contribution in [1.29, 1.82) is 0 Å². The van der Waals surface area contributed by atoms with E-state index in [0.717, 1.165) is 0 Å². The molecule has 1 fully saturated rings. The molecule has 0 amide bonds. The van der Waals surface area contributed by atoms with Crippen molar-refractivity contribution in [2.45, 2.75) is 6.10 Å². The maximum absolute atomic E-state index is 11.4. The third-order valence-corrected chi connectivity index (χ3v) is 4.38. The zero-order valence-corrected chi connectivity index (χ0v) is 10.9. The van der Waals surface area contributed by atoms with Gasteiger partial charge in [-0.15, -0.1) is 0 Å². The summed E-state index contributed by atoms with van der Waals surface area (Å²) in [5.41, 5.74) is 0.0991. The minimum Gasteiger partial charge on any atom is -0.478 e. The van der Waals surface area contributed by atoms with Crippen LogP contribution in [0.15, 0.2) is 18.3 Å². The standard InChI is InChI=1S/C11H14N2O5S/c14-11(15)8-1-2-10(12-5-8)13-6-9-7-19(16,17)4-3-18-9/h1-2,5,9H,3-4,6-7H2,(H,12,13)(H,14,15). The lowest BCUT2D eigenvalue weighted by Crippen LogP contribution is -2.38. The summed E-state index contributed by atoms with van der Waals surface area (Å²) in [6, 6.07) is 2.96. The molecule has 104 valence electrons. The number of nitrogens with zero attached hydrogens (tertiary/aromatic N) is 1. The van der Waals surface area contributed by atoms with E-state index in [1.807, 2.05) is 0 Å². The predicted molar refractivity (Wildman–Crippen MR) is 68.1 cm³/mol. The summed E-state index contributed by atoms with van der Waals surface area (Å²) >= 11 is 0. The van der Waals surface area contributed by atoms with Gasteiger partial charge in [0.05, 0.1) is 29.8 Å². The highest BCUT2D eigenvalue weighted by Crippen LogP contribution is 2.10. The molecule has 2 heterocycles. The molecule has 8 heteroatoms. The Bertz CT molecular complexity index is 555. The molecular formula is C11H14N2O5S. The lowest BCUT2D eigenvalue weighted by Gasteiger charge is -2.23. The van der Waals surface area contributed by atoms with E-state index in [1.165, 1.54) is 18.3 Å². The second-order valence-corrected chi connectivity index (χ2v) is 6.45. The van der Waals surface area contributed by atoms with Gasteiger partial charge in [0, 0.05) is 12.7 Å². The van der Waals surface area contributed by atoms with Crippen LogP contribution in [-0.2, 0) is 14.6 Å². The molecule has 7 nitrogen and oxygen atoms in total. The molecule has 1 unspecified atom stereocenters. The summed E-state index contributed by atoms with van der Waals surface area (Å²) in [6.07, 6.45) is 0.836. The van der Waals surface area contributed by atoms with Gasteiger partial charge < -0.3 is 15.2 Å². The van der Waals surface area contributed by atoms with Gasteiger partial charge in [0.25, 0.3) is 0 Å². The molecule has 0 aromatic carbocycles. The highest BCUT2D eigenvalue weighted by molar-refractivity contribution is 7.91. The van der Waals surface area contributed by atoms with Gasteiger partial charge in [0.15, 0.2) is 9.84 Å². The molecule has 2 rings (SSSR count). The van der Waals surface area contributed by atoms with E-state index in [4.69, 9.17) is 9.84 Å². The number of carbonyl (C=O) groups is 1. The number of carboxylic acids is 1. The minimum absolute atomic E-state index is 0.00674. The highest BCUT2D eigenvalue weighted by Gasteiger charge is 2.25. The van der Waals surface area contributed by atoms with E-state index >= 15 is 0 Å². The normalized spacial score (nSPS) is 21.8. The SMILES string of the molecule is O=C(O)c1ccc(NCC2CS(=O)(=O)CCO2)nc1. The van der Waals surface area contributed by atoms with E-state index < -0.39 is 21.9 Å². The van der Waals surface area contributed by atoms with Crippen LogP contribution in [0.25, 0.3) is 0 Å². The smallest absolute Gasteiger partial charge is 0.337 e. The molecule has 0 bridgehead atoms. The van der Waals surface area contributed by atoms with Gasteiger partial charge in [-0.1, -0.05) is 0 Å². The number of aromatic nitrogens is 1. The molecule has 1 aromatic heterocycles. The van der Waals surface area contributed by atoms with Crippen LogP contribution in [0.5, 0.6) is 0 Å². The first-order valence-electron chi connectivity index (χ1n) is 5.71. The fourth-order valence-corrected chi connectivity index (χ4v) is 3.01. The van der Waals surface area contributed by atoms with Crippen molar-refractivity contribution in [3.05, 3.63) is 23.9 Å². The molecule has 1 saturated heterocycles. The first-order chi connectivity index (χ1) is 8.96. The van der Waals surface area contributed by atoms with Crippen LogP contribution in [0.1, 0.15) is 10.4 Å². The third kappa shape index (κ3) is 3.90. The Morgan fingerprint density at radius 1 is 1.53 bits per heavy atom. The third-order valence-electron chi connectivity index (χ3n) is 2.71. The summed E-state index contributed by atoms with van der Waals surface area (Å²) in [5.74, 6) is -0.500. The highest BCUT2D eigenvalue weighted by atomic mass is 32.2. The number of carboxylic acid groups (broad SMARTS) is 1. The molecule has 2 N–H and O–H groups in total. The van der Waals surface area contributed by atoms with Crippen LogP contribution in [0.2, 0.25) is 0 Å². The number of anilines is 1. The fraction of sp³-hybridized carbons (Fsp3) is 0.455. The van der Waals surface area contributed by atoms with Crippen molar-refractivity contribution in [1.82, 2.24) is 4.98 Å². The molecule has 1 atom stereocenters. The summed E-state index contributed by atoms with van der Waals surface area (Å²) in [4.78, 5) is 14.6. The average Bonchev–Trinajstić information content (AvgIpc) is 2.36. The molecule has 1 aliphatic heterocycles. The van der Waals surface area contributed by atoms with Crippen LogP contribution in [-0.4, -0.2) is 55.2 Å². The molecule has 1 aliphatic rings. The van der Waals surface area contributed by atoms with E-state index in [9.17, 15) is 13.2 Å². The molecule has 0 spiro atoms. The minimum atomic E-state index is -3.02. The molecule has 19 heavy (non-hydrogen) atoms. The maximum Gasteiger partial charge on any atom is 0.337 e. The number of nitrogens with one attached hydrogen (secondary N) is 1. The van der Waals surface area contributed by atoms with Crippen molar-refractivity contribution in [3.63, 3.8) is 0 Å². The molecule has 0 saturated carbocycles. The molecule has 0 aliphatic carbocycles. The summed E-state index contributed by atoms with van der Waals surface area (Å²) in [5, 5.41) is 11.6. The Labute approximate surface area is 110 Å². The number of sulfone groups is 1. The topological polar surface area (TPSA) is 106 Å². The quantitative estimate of drug-likeness (QED) is 0.802. The average molecular weight is 286 g/mol. The largest absolute Gasteiger partial charge is 0.478 e. The van der Waals surface area contributed by atoms with E-state index in [2.05, 4.69) is 10.3 Å². The summed E-state index contributed by atoms with van der Waals surface area (Å²) in [7, 11) is -3.02. The summed E-state index contributed by atoms with van der Waals surface area (Å²) < 4.78 is 28.1. The van der Waals surface area contributed by atoms with Crippen LogP contribution in [0.3, 0.4) is 0 Å². The van der Waals surface area contributed by atoms with Crippen molar-refractivity contribution in [2.24, 2.45) is 0 Å². The lowest BCUT2D eigenvalue weighted by atomic mass is 10.3. The second-order valence-electron chi connectivity index (χ2n) is 4.23. The number of rotatable bonds is 4. The Hall–Kier alpha value is -1.67. The number of hydrogen-bond acceptors (Lipinski definition) is 6. The number of pyridine rings is 1. The van der Waals surface area contributed by atoms with Gasteiger partial charge in [0.1, 0.15) is 5.82 Å². The van der Waals surface area contributed by atoms with Crippen molar-refractivity contribution in [2.75, 3.05) is 30.0 Å². The van der Waals surface area contributed by atoms with Crippen molar-refractivity contribution >= 4 is 21.6 Å². The van der Waals surface area contributed by atoms with Crippen LogP contribution >= 0.6 is 0 Å². The number of ether oxygens (including phenoxy) is 1. The zero-order valence-electron chi connectivity index (χ0n) is 10.1. The monoisotopic (exact) mass is 286 g/mol. The Balaban J connectivity index is 1.90. The van der Waals surface area contributed by atoms with Crippen molar-refractivity contribution < 1.29 is 23.1 Å². The number of hydrogen-bond donors (Lipinski definition) is 2. The summed E-state index contributed by atoms with van der Waals surface area (Å²) in [6.45, 7) is 0.526. The van der Waals surface area contributed by atoms with Crippen LogP contribution in [0.4, 0.5) is 5.82 Å². The van der Waals surface area contributed by atoms with Gasteiger partial charge in [-0.2, -0.15) is 0 Å². The van der Waals surface area contributed by atoms with E-state index in [1.54, 1.807) is 0 Å². The maximum atomic E-state index is 11.4. The van der Waals surface area contributed by atoms with E-state index in [0.29, 0.717) is 12.4 Å². The lowest BCUT2D eigenvalue weighted by molar-refractivity contribution is 0.0696. The predicted octanol–water partition coefficient (Wildman–Crippen LogP) is 0.00530. The van der Waals surface area contributed by atoms with Gasteiger partial charge in [-0.25, -0.2) is 18.2 Å². The van der Waals surface area contributed by atoms with Gasteiger partial charge in [-0.05, 0) is 12.1 Å². The first kappa shape index (κ1) is 13.8. The van der Waals surface area contributed by atoms with E-state index in [-0.39, 0.29) is 23.7 Å². The Morgan fingerprint density at radius 3 is 2.89 bits per heavy atom. The van der Waals surface area contributed by atoms with Crippen LogP contribution < -0.4 is 5.32 Å². The van der Waals surface area contributed by atoms with Gasteiger partial charge in [0.2, 0.25) is 0 Å². The Morgan fingerprint density at radius 2 is 2.32 bits per heavy atom. The zero-order chi connectivity index (χ0) is 13.9. The second kappa shape index (κ2) is 5.54. The first-order valence-corrected chi connectivity index (χ1v) is 7.54. The van der Waals surface area contributed by atoms with Crippen molar-refractivity contribution in [3.8, 4) is 0 Å². The Kier molecular flexibility index (Phi) is 4.01. The van der Waals surface area contributed by atoms with Gasteiger partial charge in [-0.3, -0.25) is 0 Å². The molecule has 0 radical (unpaired) electrons. The molecular weight excluding hydrogens is 272 g/mol. The number of aromatic carboxylic acids is 1. The fourth-order valence-electron chi connectivity index (χ4n) is 1.72. The van der Waals surface area contributed by atoms with Crippen LogP contribution in [0, 0.1) is 0 Å². The van der Waals surface area contributed by atoms with Gasteiger partial charge >= 0.3 is 5.97 Å². The molecule has 1 aromatic rings.